The fourth-order valence-electron chi connectivity index (χ4n) is 1.86. The van der Waals surface area contributed by atoms with Crippen molar-refractivity contribution in [1.29, 1.82) is 0 Å². The molecule has 0 radical (unpaired) electrons. The van der Waals surface area contributed by atoms with Gasteiger partial charge in [0, 0.05) is 21.4 Å². The second kappa shape index (κ2) is 5.55. The highest BCUT2D eigenvalue weighted by atomic mass is 79.9. The Labute approximate surface area is 121 Å². The molecular weight excluding hydrogens is 306 g/mol. The summed E-state index contributed by atoms with van der Waals surface area (Å²) < 4.78 is 1.12. The van der Waals surface area contributed by atoms with Gasteiger partial charge >= 0.3 is 0 Å². The van der Waals surface area contributed by atoms with Gasteiger partial charge in [-0.1, -0.05) is 28.1 Å². The number of halogens is 1. The molecule has 0 saturated heterocycles. The van der Waals surface area contributed by atoms with Crippen LogP contribution in [0.2, 0.25) is 0 Å². The minimum atomic E-state index is -0.0167. The van der Waals surface area contributed by atoms with Gasteiger partial charge in [-0.15, -0.1) is 11.3 Å². The second-order valence-electron chi connectivity index (χ2n) is 5.01. The van der Waals surface area contributed by atoms with Gasteiger partial charge in [0.15, 0.2) is 0 Å². The molecule has 1 aromatic carbocycles. The first kappa shape index (κ1) is 13.8. The fraction of sp³-hybridized carbons (Fsp3) is 0.333. The van der Waals surface area contributed by atoms with E-state index < -0.39 is 0 Å². The van der Waals surface area contributed by atoms with E-state index in [0.29, 0.717) is 0 Å². The SMILES string of the molecule is Cc1ccsc1CNC(C)(C)c1ccc(Br)cc1. The Morgan fingerprint density at radius 2 is 1.83 bits per heavy atom. The Hall–Kier alpha value is -0.640. The first-order valence-electron chi connectivity index (χ1n) is 6.03. The van der Waals surface area contributed by atoms with Gasteiger partial charge in [-0.25, -0.2) is 0 Å². The van der Waals surface area contributed by atoms with E-state index in [1.165, 1.54) is 16.0 Å². The van der Waals surface area contributed by atoms with Crippen LogP contribution in [0.25, 0.3) is 0 Å². The average Bonchev–Trinajstić information content (AvgIpc) is 2.73. The minimum Gasteiger partial charge on any atom is -0.303 e. The second-order valence-corrected chi connectivity index (χ2v) is 6.93. The van der Waals surface area contributed by atoms with Crippen molar-refractivity contribution in [2.45, 2.75) is 32.9 Å². The van der Waals surface area contributed by atoms with E-state index in [1.807, 2.05) is 11.3 Å². The number of thiophene rings is 1. The maximum Gasteiger partial charge on any atom is 0.0380 e. The van der Waals surface area contributed by atoms with Crippen LogP contribution >= 0.6 is 27.3 Å². The zero-order chi connectivity index (χ0) is 13.2. The van der Waals surface area contributed by atoms with Gasteiger partial charge in [0.25, 0.3) is 0 Å². The molecule has 0 unspecified atom stereocenters. The Bertz CT molecular complexity index is 514. The molecular formula is C15H18BrNS. The summed E-state index contributed by atoms with van der Waals surface area (Å²) in [6.45, 7) is 7.53. The standard InChI is InChI=1S/C15H18BrNS/c1-11-8-9-18-14(11)10-17-15(2,3)12-4-6-13(16)7-5-12/h4-9,17H,10H2,1-3H3. The number of hydrogen-bond acceptors (Lipinski definition) is 2. The van der Waals surface area contributed by atoms with E-state index >= 15 is 0 Å². The maximum atomic E-state index is 3.63. The molecule has 1 heterocycles. The summed E-state index contributed by atoms with van der Waals surface area (Å²) in [5.74, 6) is 0. The molecule has 0 aliphatic rings. The van der Waals surface area contributed by atoms with Crippen LogP contribution in [0.3, 0.4) is 0 Å². The Kier molecular flexibility index (Phi) is 4.25. The molecule has 0 saturated carbocycles. The van der Waals surface area contributed by atoms with Crippen LogP contribution in [0, 0.1) is 6.92 Å². The molecule has 96 valence electrons. The zero-order valence-electron chi connectivity index (χ0n) is 11.0. The zero-order valence-corrected chi connectivity index (χ0v) is 13.4. The van der Waals surface area contributed by atoms with Crippen LogP contribution in [-0.2, 0) is 12.1 Å². The van der Waals surface area contributed by atoms with E-state index in [0.717, 1.165) is 11.0 Å². The molecule has 0 amide bonds. The lowest BCUT2D eigenvalue weighted by atomic mass is 9.94. The summed E-state index contributed by atoms with van der Waals surface area (Å²) in [7, 11) is 0. The third-order valence-corrected chi connectivity index (χ3v) is 4.78. The number of aryl methyl sites for hydroxylation is 1. The molecule has 18 heavy (non-hydrogen) atoms. The lowest BCUT2D eigenvalue weighted by Gasteiger charge is -2.27. The van der Waals surface area contributed by atoms with Crippen molar-refractivity contribution >= 4 is 27.3 Å². The van der Waals surface area contributed by atoms with Crippen LogP contribution < -0.4 is 5.32 Å². The van der Waals surface area contributed by atoms with Crippen molar-refractivity contribution in [2.75, 3.05) is 0 Å². The number of nitrogens with one attached hydrogen (secondary N) is 1. The van der Waals surface area contributed by atoms with Crippen LogP contribution in [0.1, 0.15) is 29.9 Å². The van der Waals surface area contributed by atoms with Gasteiger partial charge in [0.1, 0.15) is 0 Å². The Balaban J connectivity index is 2.07. The monoisotopic (exact) mass is 323 g/mol. The summed E-state index contributed by atoms with van der Waals surface area (Å²) >= 11 is 5.29. The van der Waals surface area contributed by atoms with E-state index in [9.17, 15) is 0 Å². The van der Waals surface area contributed by atoms with Gasteiger partial charge in [-0.05, 0) is 55.5 Å². The Morgan fingerprint density at radius 1 is 1.17 bits per heavy atom. The predicted molar refractivity (Wildman–Crippen MR) is 83.1 cm³/mol. The van der Waals surface area contributed by atoms with Gasteiger partial charge in [-0.2, -0.15) is 0 Å². The molecule has 0 fully saturated rings. The third-order valence-electron chi connectivity index (χ3n) is 3.22. The van der Waals surface area contributed by atoms with E-state index in [1.54, 1.807) is 0 Å². The molecule has 1 N–H and O–H groups in total. The number of hydrogen-bond donors (Lipinski definition) is 1. The third kappa shape index (κ3) is 3.22. The summed E-state index contributed by atoms with van der Waals surface area (Å²) in [4.78, 5) is 1.42. The quantitative estimate of drug-likeness (QED) is 0.848. The fourth-order valence-corrected chi connectivity index (χ4v) is 2.97. The molecule has 0 bridgehead atoms. The Morgan fingerprint density at radius 3 is 2.39 bits per heavy atom. The molecule has 1 aromatic heterocycles. The van der Waals surface area contributed by atoms with E-state index in [4.69, 9.17) is 0 Å². The molecule has 0 atom stereocenters. The van der Waals surface area contributed by atoms with E-state index in [2.05, 4.69) is 77.7 Å². The van der Waals surface area contributed by atoms with Crippen molar-refractivity contribution in [3.63, 3.8) is 0 Å². The van der Waals surface area contributed by atoms with Crippen molar-refractivity contribution in [2.24, 2.45) is 0 Å². The lowest BCUT2D eigenvalue weighted by molar-refractivity contribution is 0.402. The van der Waals surface area contributed by atoms with Crippen LogP contribution in [-0.4, -0.2) is 0 Å². The topological polar surface area (TPSA) is 12.0 Å². The van der Waals surface area contributed by atoms with Crippen molar-refractivity contribution < 1.29 is 0 Å². The highest BCUT2D eigenvalue weighted by Gasteiger charge is 2.19. The smallest absolute Gasteiger partial charge is 0.0380 e. The molecule has 0 spiro atoms. The predicted octanol–water partition coefficient (Wildman–Crippen LogP) is 4.84. The van der Waals surface area contributed by atoms with Crippen molar-refractivity contribution in [3.05, 3.63) is 56.2 Å². The first-order chi connectivity index (χ1) is 8.49. The first-order valence-corrected chi connectivity index (χ1v) is 7.70. The van der Waals surface area contributed by atoms with Gasteiger partial charge < -0.3 is 5.32 Å². The highest BCUT2D eigenvalue weighted by molar-refractivity contribution is 9.10. The van der Waals surface area contributed by atoms with Crippen LogP contribution in [0.4, 0.5) is 0 Å². The van der Waals surface area contributed by atoms with Crippen molar-refractivity contribution in [3.8, 4) is 0 Å². The minimum absolute atomic E-state index is 0.0167. The van der Waals surface area contributed by atoms with Crippen molar-refractivity contribution in [1.82, 2.24) is 5.32 Å². The summed E-state index contributed by atoms with van der Waals surface area (Å²) in [6.07, 6.45) is 0. The summed E-state index contributed by atoms with van der Waals surface area (Å²) in [5.41, 5.74) is 2.66. The van der Waals surface area contributed by atoms with Crippen LogP contribution in [0.5, 0.6) is 0 Å². The molecule has 3 heteroatoms. The molecule has 2 aromatic rings. The van der Waals surface area contributed by atoms with Crippen LogP contribution in [0.15, 0.2) is 40.2 Å². The van der Waals surface area contributed by atoms with E-state index in [-0.39, 0.29) is 5.54 Å². The van der Waals surface area contributed by atoms with Gasteiger partial charge in [0.05, 0.1) is 0 Å². The van der Waals surface area contributed by atoms with Gasteiger partial charge in [-0.3, -0.25) is 0 Å². The average molecular weight is 324 g/mol. The largest absolute Gasteiger partial charge is 0.303 e. The number of rotatable bonds is 4. The normalized spacial score (nSPS) is 11.8. The lowest BCUT2D eigenvalue weighted by Crippen LogP contribution is -2.35. The maximum absolute atomic E-state index is 3.63. The highest BCUT2D eigenvalue weighted by Crippen LogP contribution is 2.24. The summed E-state index contributed by atoms with van der Waals surface area (Å²) in [5, 5.41) is 5.78. The number of benzene rings is 1. The molecule has 0 aliphatic heterocycles. The molecule has 2 rings (SSSR count). The molecule has 0 aliphatic carbocycles. The molecule has 1 nitrogen and oxygen atoms in total. The summed E-state index contributed by atoms with van der Waals surface area (Å²) in [6, 6.07) is 10.7. The van der Waals surface area contributed by atoms with Gasteiger partial charge in [0.2, 0.25) is 0 Å².